The Morgan fingerprint density at radius 3 is 2.70 bits per heavy atom. The topological polar surface area (TPSA) is 56.0 Å². The summed E-state index contributed by atoms with van der Waals surface area (Å²) in [6.07, 6.45) is 10.6. The molecule has 0 spiro atoms. The van der Waals surface area contributed by atoms with Crippen LogP contribution in [0.25, 0.3) is 0 Å². The molecule has 144 valence electrons. The van der Waals surface area contributed by atoms with Gasteiger partial charge in [-0.2, -0.15) is 10.2 Å². The Hall–Kier alpha value is -1.95. The highest BCUT2D eigenvalue weighted by Gasteiger charge is 2.26. The minimum absolute atomic E-state index is 0.0494. The van der Waals surface area contributed by atoms with Crippen LogP contribution in [0.3, 0.4) is 0 Å². The van der Waals surface area contributed by atoms with Gasteiger partial charge in [0.1, 0.15) is 0 Å². The third-order valence-electron chi connectivity index (χ3n) is 6.48. The summed E-state index contributed by atoms with van der Waals surface area (Å²) in [4.78, 5) is 14.7. The second-order valence-corrected chi connectivity index (χ2v) is 8.57. The first-order valence-electron chi connectivity index (χ1n) is 10.6. The van der Waals surface area contributed by atoms with Crippen LogP contribution >= 0.6 is 0 Å². The van der Waals surface area contributed by atoms with Gasteiger partial charge in [0.15, 0.2) is 0 Å². The maximum atomic E-state index is 12.2. The molecule has 6 nitrogen and oxygen atoms in total. The molecule has 2 aliphatic heterocycles. The number of likely N-dealkylation sites (tertiary alicyclic amines) is 1. The van der Waals surface area contributed by atoms with E-state index in [2.05, 4.69) is 26.0 Å². The summed E-state index contributed by atoms with van der Waals surface area (Å²) in [5.74, 6) is 1.16. The largest absolute Gasteiger partial charge is 0.299 e. The second-order valence-electron chi connectivity index (χ2n) is 8.57. The van der Waals surface area contributed by atoms with Crippen molar-refractivity contribution >= 4 is 0 Å². The molecule has 2 aromatic heterocycles. The Labute approximate surface area is 160 Å². The van der Waals surface area contributed by atoms with Crippen LogP contribution in [0.15, 0.2) is 23.1 Å². The third kappa shape index (κ3) is 3.72. The van der Waals surface area contributed by atoms with E-state index in [0.717, 1.165) is 51.3 Å². The zero-order valence-corrected chi connectivity index (χ0v) is 16.0. The van der Waals surface area contributed by atoms with Crippen LogP contribution in [-0.2, 0) is 26.1 Å². The lowest BCUT2D eigenvalue weighted by molar-refractivity contribution is 0.163. The van der Waals surface area contributed by atoms with Gasteiger partial charge >= 0.3 is 0 Å². The van der Waals surface area contributed by atoms with Gasteiger partial charge in [0.05, 0.1) is 11.9 Å². The molecule has 1 aliphatic carbocycles. The van der Waals surface area contributed by atoms with Crippen molar-refractivity contribution in [1.82, 2.24) is 24.5 Å². The van der Waals surface area contributed by atoms with Gasteiger partial charge < -0.3 is 0 Å². The standard InChI is InChI=1S/C21H29N5O/c27-21-7-6-19(17-4-5-17)23-26(21)14-16-8-11-24(12-9-16)15-18-13-22-25-10-2-1-3-20(18)25/h6-7,13,16-17H,1-5,8-12,14-15H2. The second kappa shape index (κ2) is 7.23. The SMILES string of the molecule is O=c1ccc(C2CC2)nn1CC1CCN(Cc2cnn3c2CCCC3)CC1. The molecule has 0 aromatic carbocycles. The number of rotatable bonds is 5. The van der Waals surface area contributed by atoms with Crippen LogP contribution < -0.4 is 5.56 Å². The summed E-state index contributed by atoms with van der Waals surface area (Å²) < 4.78 is 3.93. The fraction of sp³-hybridized carbons (Fsp3) is 0.667. The zero-order valence-electron chi connectivity index (χ0n) is 16.0. The van der Waals surface area contributed by atoms with Gasteiger partial charge in [0.25, 0.3) is 5.56 Å². The Bertz CT molecular complexity index is 858. The highest BCUT2D eigenvalue weighted by molar-refractivity contribution is 5.19. The van der Waals surface area contributed by atoms with Crippen molar-refractivity contribution in [3.63, 3.8) is 0 Å². The lowest BCUT2D eigenvalue weighted by atomic mass is 9.96. The van der Waals surface area contributed by atoms with Gasteiger partial charge in [-0.3, -0.25) is 14.4 Å². The molecule has 3 aliphatic rings. The van der Waals surface area contributed by atoms with Crippen LogP contribution in [0, 0.1) is 5.92 Å². The summed E-state index contributed by atoms with van der Waals surface area (Å²) in [6.45, 7) is 5.09. The van der Waals surface area contributed by atoms with Crippen LogP contribution in [0.2, 0.25) is 0 Å². The first-order chi connectivity index (χ1) is 13.3. The van der Waals surface area contributed by atoms with Gasteiger partial charge in [0.2, 0.25) is 0 Å². The van der Waals surface area contributed by atoms with Gasteiger partial charge in [0, 0.05) is 42.9 Å². The van der Waals surface area contributed by atoms with Crippen molar-refractivity contribution in [1.29, 1.82) is 0 Å². The molecule has 0 amide bonds. The molecule has 1 saturated carbocycles. The van der Waals surface area contributed by atoms with Crippen LogP contribution in [0.1, 0.15) is 61.4 Å². The smallest absolute Gasteiger partial charge is 0.266 e. The fourth-order valence-electron chi connectivity index (χ4n) is 4.62. The molecule has 2 aromatic rings. The van der Waals surface area contributed by atoms with E-state index in [1.54, 1.807) is 10.7 Å². The highest BCUT2D eigenvalue weighted by Crippen LogP contribution is 2.38. The van der Waals surface area contributed by atoms with Crippen molar-refractivity contribution in [2.75, 3.05) is 13.1 Å². The third-order valence-corrected chi connectivity index (χ3v) is 6.48. The number of hydrogen-bond acceptors (Lipinski definition) is 4. The van der Waals surface area contributed by atoms with E-state index < -0.39 is 0 Å². The van der Waals surface area contributed by atoms with E-state index in [1.807, 2.05) is 6.07 Å². The molecule has 0 radical (unpaired) electrons. The summed E-state index contributed by atoms with van der Waals surface area (Å²) in [5.41, 5.74) is 4.03. The van der Waals surface area contributed by atoms with E-state index in [9.17, 15) is 4.79 Å². The highest BCUT2D eigenvalue weighted by atomic mass is 16.1. The van der Waals surface area contributed by atoms with Crippen LogP contribution in [0.5, 0.6) is 0 Å². The minimum Gasteiger partial charge on any atom is -0.299 e. The van der Waals surface area contributed by atoms with E-state index in [0.29, 0.717) is 11.8 Å². The lowest BCUT2D eigenvalue weighted by Crippen LogP contribution is -2.36. The molecule has 27 heavy (non-hydrogen) atoms. The summed E-state index contributed by atoms with van der Waals surface area (Å²) in [5, 5.41) is 9.21. The molecule has 0 unspecified atom stereocenters. The van der Waals surface area contributed by atoms with Gasteiger partial charge in [-0.25, -0.2) is 4.68 Å². The van der Waals surface area contributed by atoms with Crippen molar-refractivity contribution in [2.45, 2.75) is 70.5 Å². The van der Waals surface area contributed by atoms with Gasteiger partial charge in [-0.05, 0) is 70.0 Å². The zero-order chi connectivity index (χ0) is 18.2. The van der Waals surface area contributed by atoms with Crippen molar-refractivity contribution in [3.05, 3.63) is 45.6 Å². The number of aromatic nitrogens is 4. The Morgan fingerprint density at radius 2 is 1.89 bits per heavy atom. The minimum atomic E-state index is 0.0494. The number of piperidine rings is 1. The van der Waals surface area contributed by atoms with Gasteiger partial charge in [-0.1, -0.05) is 0 Å². The number of hydrogen-bond donors (Lipinski definition) is 0. The molecule has 6 heteroatoms. The van der Waals surface area contributed by atoms with Crippen molar-refractivity contribution < 1.29 is 0 Å². The Morgan fingerprint density at radius 1 is 1.04 bits per heavy atom. The van der Waals surface area contributed by atoms with Crippen molar-refractivity contribution in [2.24, 2.45) is 5.92 Å². The Balaban J connectivity index is 1.18. The quantitative estimate of drug-likeness (QED) is 0.815. The molecule has 2 fully saturated rings. The molecule has 5 rings (SSSR count). The van der Waals surface area contributed by atoms with Crippen LogP contribution in [-0.4, -0.2) is 37.6 Å². The number of nitrogens with zero attached hydrogens (tertiary/aromatic N) is 5. The van der Waals surface area contributed by atoms with E-state index in [-0.39, 0.29) is 5.56 Å². The van der Waals surface area contributed by atoms with Gasteiger partial charge in [-0.15, -0.1) is 0 Å². The molecule has 0 N–H and O–H groups in total. The molecule has 0 bridgehead atoms. The summed E-state index contributed by atoms with van der Waals surface area (Å²) in [6, 6.07) is 3.63. The maximum absolute atomic E-state index is 12.2. The predicted octanol–water partition coefficient (Wildman–Crippen LogP) is 2.57. The molecule has 0 atom stereocenters. The molecule has 1 saturated heterocycles. The lowest BCUT2D eigenvalue weighted by Gasteiger charge is -2.32. The summed E-state index contributed by atoms with van der Waals surface area (Å²) in [7, 11) is 0. The van der Waals surface area contributed by atoms with Crippen LogP contribution in [0.4, 0.5) is 0 Å². The molecular formula is C21H29N5O. The molecular weight excluding hydrogens is 338 g/mol. The van der Waals surface area contributed by atoms with E-state index >= 15 is 0 Å². The average Bonchev–Trinajstić information content (AvgIpc) is 3.47. The maximum Gasteiger partial charge on any atom is 0.266 e. The predicted molar refractivity (Wildman–Crippen MR) is 104 cm³/mol. The fourth-order valence-corrected chi connectivity index (χ4v) is 4.62. The first kappa shape index (κ1) is 17.2. The average molecular weight is 367 g/mol. The van der Waals surface area contributed by atoms with E-state index in [1.165, 1.54) is 43.4 Å². The number of fused-ring (bicyclic) bond motifs is 1. The Kier molecular flexibility index (Phi) is 4.60. The normalized spacial score (nSPS) is 21.3. The van der Waals surface area contributed by atoms with Crippen molar-refractivity contribution in [3.8, 4) is 0 Å². The molecule has 4 heterocycles. The van der Waals surface area contributed by atoms with E-state index in [4.69, 9.17) is 0 Å². The first-order valence-corrected chi connectivity index (χ1v) is 10.6. The monoisotopic (exact) mass is 367 g/mol. The summed E-state index contributed by atoms with van der Waals surface area (Å²) >= 11 is 0. The number of aryl methyl sites for hydroxylation is 1.